The first-order valence-corrected chi connectivity index (χ1v) is 5.10. The van der Waals surface area contributed by atoms with Crippen LogP contribution in [-0.2, 0) is 5.41 Å². The Morgan fingerprint density at radius 2 is 1.43 bits per heavy atom. The van der Waals surface area contributed by atoms with Gasteiger partial charge in [-0.1, -0.05) is 48.5 Å². The summed E-state index contributed by atoms with van der Waals surface area (Å²) in [5.74, 6) is 1.04. The van der Waals surface area contributed by atoms with E-state index in [1.807, 2.05) is 6.20 Å². The average Bonchev–Trinajstić information content (AvgIpc) is 2.28. The first-order valence-electron chi connectivity index (χ1n) is 5.10. The molecule has 0 saturated heterocycles. The van der Waals surface area contributed by atoms with E-state index >= 15 is 0 Å². The van der Waals surface area contributed by atoms with Crippen molar-refractivity contribution < 1.29 is 0 Å². The van der Waals surface area contributed by atoms with Crippen LogP contribution in [0.2, 0.25) is 0 Å². The van der Waals surface area contributed by atoms with Crippen molar-refractivity contribution in [2.24, 2.45) is 5.41 Å². The Bertz CT molecular complexity index is 228. The maximum Gasteiger partial charge on any atom is 0.111 e. The quantitative estimate of drug-likeness (QED) is 0.672. The van der Waals surface area contributed by atoms with Gasteiger partial charge in [0.25, 0.3) is 0 Å². The molecule has 0 atom stereocenters. The normalized spacial score (nSPS) is 11.9. The van der Waals surface area contributed by atoms with Crippen molar-refractivity contribution in [2.75, 3.05) is 0 Å². The van der Waals surface area contributed by atoms with Crippen LogP contribution in [0.15, 0.2) is 12.4 Å². The minimum absolute atomic E-state index is 0.156. The molecule has 1 rings (SSSR count). The predicted octanol–water partition coefficient (Wildman–Crippen LogP) is 3.76. The number of rotatable bonds is 0. The van der Waals surface area contributed by atoms with Crippen LogP contribution in [-0.4, -0.2) is 9.97 Å². The number of aromatic nitrogens is 2. The SMILES string of the molecule is CC(C)(C)C.CC(C)(C)c1ncc[nH]1. The van der Waals surface area contributed by atoms with Gasteiger partial charge in [0.05, 0.1) is 0 Å². The molecule has 0 aromatic carbocycles. The van der Waals surface area contributed by atoms with Crippen molar-refractivity contribution in [1.82, 2.24) is 9.97 Å². The minimum atomic E-state index is 0.156. The third-order valence-corrected chi connectivity index (χ3v) is 1.21. The minimum Gasteiger partial charge on any atom is -0.348 e. The molecule has 1 N–H and O–H groups in total. The van der Waals surface area contributed by atoms with Gasteiger partial charge in [0.2, 0.25) is 0 Å². The largest absolute Gasteiger partial charge is 0.348 e. The number of hydrogen-bond acceptors (Lipinski definition) is 1. The number of H-pyrrole nitrogens is 1. The van der Waals surface area contributed by atoms with E-state index in [0.717, 1.165) is 5.82 Å². The third kappa shape index (κ3) is 7.84. The van der Waals surface area contributed by atoms with Crippen LogP contribution in [0.4, 0.5) is 0 Å². The van der Waals surface area contributed by atoms with Gasteiger partial charge in [-0.3, -0.25) is 0 Å². The van der Waals surface area contributed by atoms with E-state index in [1.54, 1.807) is 6.20 Å². The zero-order valence-corrected chi connectivity index (χ0v) is 10.6. The Labute approximate surface area is 88.2 Å². The van der Waals surface area contributed by atoms with E-state index in [4.69, 9.17) is 0 Å². The summed E-state index contributed by atoms with van der Waals surface area (Å²) in [6.07, 6.45) is 3.63. The van der Waals surface area contributed by atoms with Gasteiger partial charge < -0.3 is 4.98 Å². The zero-order chi connectivity index (χ0) is 11.4. The van der Waals surface area contributed by atoms with Crippen LogP contribution in [0, 0.1) is 5.41 Å². The molecule has 2 heteroatoms. The fourth-order valence-corrected chi connectivity index (χ4v) is 0.675. The molecule has 0 amide bonds. The van der Waals surface area contributed by atoms with Crippen LogP contribution in [0.3, 0.4) is 0 Å². The first kappa shape index (κ1) is 13.2. The summed E-state index contributed by atoms with van der Waals surface area (Å²) in [7, 11) is 0. The molecule has 1 aromatic heterocycles. The van der Waals surface area contributed by atoms with Gasteiger partial charge in [-0.15, -0.1) is 0 Å². The second-order valence-electron chi connectivity index (χ2n) is 6.19. The number of nitrogens with zero attached hydrogens (tertiary/aromatic N) is 1. The van der Waals surface area contributed by atoms with Gasteiger partial charge in [-0.2, -0.15) is 0 Å². The molecule has 0 aliphatic carbocycles. The Morgan fingerprint density at radius 3 is 1.57 bits per heavy atom. The highest BCUT2D eigenvalue weighted by molar-refractivity contribution is 5.00. The van der Waals surface area contributed by atoms with Gasteiger partial charge in [0, 0.05) is 17.8 Å². The van der Waals surface area contributed by atoms with E-state index in [-0.39, 0.29) is 5.41 Å². The van der Waals surface area contributed by atoms with Crippen molar-refractivity contribution in [1.29, 1.82) is 0 Å². The average molecular weight is 196 g/mol. The Kier molecular flexibility index (Phi) is 4.37. The molecule has 1 aromatic rings. The number of hydrogen-bond donors (Lipinski definition) is 1. The molecule has 0 aliphatic heterocycles. The van der Waals surface area contributed by atoms with Crippen LogP contribution < -0.4 is 0 Å². The van der Waals surface area contributed by atoms with E-state index in [2.05, 4.69) is 58.4 Å². The maximum absolute atomic E-state index is 4.13. The number of imidazole rings is 1. The standard InChI is InChI=1S/C7H12N2.C5H12/c1-7(2,3)6-8-4-5-9-6;1-5(2,3)4/h4-5H,1-3H3,(H,8,9);1-4H3. The summed E-state index contributed by atoms with van der Waals surface area (Å²) in [5.41, 5.74) is 0.656. The van der Waals surface area contributed by atoms with Crippen molar-refractivity contribution in [2.45, 2.75) is 53.9 Å². The topological polar surface area (TPSA) is 28.7 Å². The zero-order valence-electron chi connectivity index (χ0n) is 10.6. The molecule has 0 aliphatic rings. The fourth-order valence-electron chi connectivity index (χ4n) is 0.675. The highest BCUT2D eigenvalue weighted by Crippen LogP contribution is 2.16. The molecule has 0 saturated carbocycles. The lowest BCUT2D eigenvalue weighted by Crippen LogP contribution is -2.12. The molecule has 0 radical (unpaired) electrons. The molecule has 0 bridgehead atoms. The number of nitrogens with one attached hydrogen (secondary N) is 1. The number of aromatic amines is 1. The Hall–Kier alpha value is -0.790. The van der Waals surface area contributed by atoms with Crippen molar-refractivity contribution >= 4 is 0 Å². The van der Waals surface area contributed by atoms with Gasteiger partial charge in [-0.25, -0.2) is 4.98 Å². The lowest BCUT2D eigenvalue weighted by molar-refractivity contribution is 0.469. The Morgan fingerprint density at radius 1 is 1.00 bits per heavy atom. The fraction of sp³-hybridized carbons (Fsp3) is 0.750. The van der Waals surface area contributed by atoms with Crippen LogP contribution in [0.5, 0.6) is 0 Å². The van der Waals surface area contributed by atoms with E-state index in [0.29, 0.717) is 5.41 Å². The molecular formula is C12H24N2. The van der Waals surface area contributed by atoms with Crippen LogP contribution in [0.1, 0.15) is 54.3 Å². The molecule has 0 spiro atoms. The molecule has 1 heterocycles. The summed E-state index contributed by atoms with van der Waals surface area (Å²) in [5, 5.41) is 0. The lowest BCUT2D eigenvalue weighted by Gasteiger charge is -2.13. The third-order valence-electron chi connectivity index (χ3n) is 1.21. The summed E-state index contributed by atoms with van der Waals surface area (Å²) in [4.78, 5) is 7.20. The van der Waals surface area contributed by atoms with Crippen molar-refractivity contribution in [3.05, 3.63) is 18.2 Å². The smallest absolute Gasteiger partial charge is 0.111 e. The molecule has 0 fully saturated rings. The maximum atomic E-state index is 4.13. The van der Waals surface area contributed by atoms with Gasteiger partial charge in [0.1, 0.15) is 5.82 Å². The molecule has 82 valence electrons. The van der Waals surface area contributed by atoms with E-state index < -0.39 is 0 Å². The summed E-state index contributed by atoms with van der Waals surface area (Å²) in [6.45, 7) is 15.1. The monoisotopic (exact) mass is 196 g/mol. The van der Waals surface area contributed by atoms with Gasteiger partial charge in [0.15, 0.2) is 0 Å². The van der Waals surface area contributed by atoms with Crippen LogP contribution >= 0.6 is 0 Å². The first-order chi connectivity index (χ1) is 6.11. The highest BCUT2D eigenvalue weighted by atomic mass is 14.9. The summed E-state index contributed by atoms with van der Waals surface area (Å²) < 4.78 is 0. The highest BCUT2D eigenvalue weighted by Gasteiger charge is 2.14. The molecule has 14 heavy (non-hydrogen) atoms. The predicted molar refractivity (Wildman–Crippen MR) is 62.4 cm³/mol. The lowest BCUT2D eigenvalue weighted by atomic mass is 9.96. The second kappa shape index (κ2) is 4.63. The van der Waals surface area contributed by atoms with E-state index in [1.165, 1.54) is 0 Å². The summed E-state index contributed by atoms with van der Waals surface area (Å²) in [6, 6.07) is 0. The molecule has 2 nitrogen and oxygen atoms in total. The van der Waals surface area contributed by atoms with Crippen molar-refractivity contribution in [3.63, 3.8) is 0 Å². The van der Waals surface area contributed by atoms with Gasteiger partial charge in [-0.05, 0) is 5.41 Å². The molecule has 0 unspecified atom stereocenters. The summed E-state index contributed by atoms with van der Waals surface area (Å²) >= 11 is 0. The van der Waals surface area contributed by atoms with Gasteiger partial charge >= 0.3 is 0 Å². The van der Waals surface area contributed by atoms with Crippen LogP contribution in [0.25, 0.3) is 0 Å². The Balaban J connectivity index is 0.000000292. The van der Waals surface area contributed by atoms with Crippen molar-refractivity contribution in [3.8, 4) is 0 Å². The molecular weight excluding hydrogens is 172 g/mol. The van der Waals surface area contributed by atoms with E-state index in [9.17, 15) is 0 Å². The second-order valence-corrected chi connectivity index (χ2v) is 6.19.